The number of unbranched alkanes of at least 4 members (excludes halogenated alkanes) is 12. The Morgan fingerprint density at radius 3 is 1.37 bits per heavy atom. The van der Waals surface area contributed by atoms with Crippen molar-refractivity contribution in [1.82, 2.24) is 0 Å². The molecule has 0 spiro atoms. The van der Waals surface area contributed by atoms with Crippen LogP contribution in [0.3, 0.4) is 0 Å². The average Bonchev–Trinajstić information content (AvgIpc) is 2.64. The van der Waals surface area contributed by atoms with Gasteiger partial charge in [0.05, 0.1) is 12.2 Å². The van der Waals surface area contributed by atoms with E-state index in [4.69, 9.17) is 5.11 Å². The van der Waals surface area contributed by atoms with Crippen LogP contribution in [0.2, 0.25) is 0 Å². The first-order valence-electron chi connectivity index (χ1n) is 11.6. The molecule has 0 saturated heterocycles. The van der Waals surface area contributed by atoms with Crippen LogP contribution >= 0.6 is 0 Å². The third-order valence-corrected chi connectivity index (χ3v) is 5.40. The summed E-state index contributed by atoms with van der Waals surface area (Å²) in [5, 5.41) is 28.6. The van der Waals surface area contributed by atoms with E-state index >= 15 is 0 Å². The summed E-state index contributed by atoms with van der Waals surface area (Å²) in [5.74, 6) is -0.691. The maximum atomic E-state index is 10.4. The lowest BCUT2D eigenvalue weighted by Crippen LogP contribution is -2.13. The molecule has 162 valence electrons. The van der Waals surface area contributed by atoms with Gasteiger partial charge >= 0.3 is 5.97 Å². The second kappa shape index (κ2) is 20.1. The van der Waals surface area contributed by atoms with Crippen LogP contribution in [0.1, 0.15) is 129 Å². The Hall–Kier alpha value is -0.610. The van der Waals surface area contributed by atoms with E-state index in [9.17, 15) is 15.0 Å². The molecule has 0 aliphatic carbocycles. The lowest BCUT2D eigenvalue weighted by molar-refractivity contribution is -0.137. The topological polar surface area (TPSA) is 77.8 Å². The molecule has 4 heteroatoms. The third kappa shape index (κ3) is 21.5. The third-order valence-electron chi connectivity index (χ3n) is 5.40. The van der Waals surface area contributed by atoms with E-state index in [2.05, 4.69) is 6.92 Å². The summed E-state index contributed by atoms with van der Waals surface area (Å²) in [6.45, 7) is 2.22. The first-order valence-corrected chi connectivity index (χ1v) is 11.6. The molecule has 0 aliphatic rings. The Balaban J connectivity index is 3.31. The number of carboxylic acids is 1. The highest BCUT2D eigenvalue weighted by Crippen LogP contribution is 2.16. The molecule has 27 heavy (non-hydrogen) atoms. The average molecular weight is 387 g/mol. The van der Waals surface area contributed by atoms with Gasteiger partial charge in [0.25, 0.3) is 0 Å². The molecule has 2 atom stereocenters. The first-order chi connectivity index (χ1) is 13.1. The Morgan fingerprint density at radius 2 is 0.963 bits per heavy atom. The van der Waals surface area contributed by atoms with Crippen LogP contribution < -0.4 is 0 Å². The van der Waals surface area contributed by atoms with Crippen LogP contribution in [-0.4, -0.2) is 33.5 Å². The van der Waals surface area contributed by atoms with Crippen LogP contribution in [0.15, 0.2) is 0 Å². The maximum Gasteiger partial charge on any atom is 0.303 e. The van der Waals surface area contributed by atoms with Crippen molar-refractivity contribution in [3.8, 4) is 0 Å². The summed E-state index contributed by atoms with van der Waals surface area (Å²) < 4.78 is 0. The van der Waals surface area contributed by atoms with Crippen LogP contribution in [0, 0.1) is 0 Å². The summed E-state index contributed by atoms with van der Waals surface area (Å²) in [6, 6.07) is 0. The van der Waals surface area contributed by atoms with E-state index in [0.29, 0.717) is 6.42 Å². The number of aliphatic hydroxyl groups excluding tert-OH is 2. The van der Waals surface area contributed by atoms with Gasteiger partial charge < -0.3 is 15.3 Å². The molecule has 0 saturated carbocycles. The fraction of sp³-hybridized carbons (Fsp3) is 0.957. The largest absolute Gasteiger partial charge is 0.481 e. The van der Waals surface area contributed by atoms with E-state index in [0.717, 1.165) is 64.2 Å². The SMILES string of the molecule is CCCCCCCCC(O)CCC(O)CCCCCCCCCCC(=O)O. The number of aliphatic hydroxyl groups is 2. The minimum Gasteiger partial charge on any atom is -0.481 e. The molecule has 0 radical (unpaired) electrons. The summed E-state index contributed by atoms with van der Waals surface area (Å²) in [4.78, 5) is 10.4. The van der Waals surface area contributed by atoms with Gasteiger partial charge in [-0.15, -0.1) is 0 Å². The van der Waals surface area contributed by atoms with Gasteiger partial charge in [-0.3, -0.25) is 4.79 Å². The van der Waals surface area contributed by atoms with Gasteiger partial charge in [0.1, 0.15) is 0 Å². The second-order valence-corrected chi connectivity index (χ2v) is 8.20. The van der Waals surface area contributed by atoms with Crippen molar-refractivity contribution in [2.75, 3.05) is 0 Å². The Labute approximate surface area is 167 Å². The Morgan fingerprint density at radius 1 is 0.593 bits per heavy atom. The second-order valence-electron chi connectivity index (χ2n) is 8.20. The van der Waals surface area contributed by atoms with Gasteiger partial charge in [0, 0.05) is 6.42 Å². The molecule has 3 N–H and O–H groups in total. The molecule has 0 aromatic heterocycles. The lowest BCUT2D eigenvalue weighted by atomic mass is 10.00. The van der Waals surface area contributed by atoms with Gasteiger partial charge in [0.15, 0.2) is 0 Å². The van der Waals surface area contributed by atoms with Crippen molar-refractivity contribution in [3.63, 3.8) is 0 Å². The quantitative estimate of drug-likeness (QED) is 0.204. The smallest absolute Gasteiger partial charge is 0.303 e. The van der Waals surface area contributed by atoms with E-state index in [1.54, 1.807) is 0 Å². The summed E-state index contributed by atoms with van der Waals surface area (Å²) in [6.07, 6.45) is 19.3. The maximum absolute atomic E-state index is 10.4. The molecule has 0 amide bonds. The van der Waals surface area contributed by atoms with Crippen LogP contribution in [0.25, 0.3) is 0 Å². The van der Waals surface area contributed by atoms with Crippen LogP contribution in [0.4, 0.5) is 0 Å². The zero-order chi connectivity index (χ0) is 20.2. The van der Waals surface area contributed by atoms with Gasteiger partial charge in [-0.05, 0) is 32.1 Å². The number of aliphatic carboxylic acids is 1. The highest BCUT2D eigenvalue weighted by Gasteiger charge is 2.09. The molecular weight excluding hydrogens is 340 g/mol. The monoisotopic (exact) mass is 386 g/mol. The van der Waals surface area contributed by atoms with E-state index in [1.807, 2.05) is 0 Å². The molecule has 0 rings (SSSR count). The predicted octanol–water partition coefficient (Wildman–Crippen LogP) is 6.22. The Bertz CT molecular complexity index is 320. The molecule has 0 aliphatic heterocycles. The van der Waals surface area contributed by atoms with Crippen molar-refractivity contribution < 1.29 is 20.1 Å². The Kier molecular flexibility index (Phi) is 19.7. The zero-order valence-corrected chi connectivity index (χ0v) is 17.8. The van der Waals surface area contributed by atoms with Gasteiger partial charge in [-0.1, -0.05) is 90.4 Å². The molecule has 0 heterocycles. The molecule has 0 bridgehead atoms. The van der Waals surface area contributed by atoms with Gasteiger partial charge in [-0.25, -0.2) is 0 Å². The summed E-state index contributed by atoms with van der Waals surface area (Å²) in [5.41, 5.74) is 0. The number of carbonyl (C=O) groups is 1. The normalized spacial score (nSPS) is 13.6. The summed E-state index contributed by atoms with van der Waals surface area (Å²) >= 11 is 0. The van der Waals surface area contributed by atoms with Crippen molar-refractivity contribution in [1.29, 1.82) is 0 Å². The van der Waals surface area contributed by atoms with E-state index in [-0.39, 0.29) is 12.2 Å². The molecule has 0 aromatic carbocycles. The van der Waals surface area contributed by atoms with E-state index in [1.165, 1.54) is 51.4 Å². The fourth-order valence-electron chi connectivity index (χ4n) is 3.55. The zero-order valence-electron chi connectivity index (χ0n) is 17.8. The van der Waals surface area contributed by atoms with Crippen LogP contribution in [0.5, 0.6) is 0 Å². The minimum atomic E-state index is -0.691. The standard InChI is InChI=1S/C23H46O4/c1-2-3-4-5-10-13-16-21(24)19-20-22(25)17-14-11-8-6-7-9-12-15-18-23(26)27/h21-22,24-25H,2-20H2,1H3,(H,26,27). The molecule has 0 fully saturated rings. The van der Waals surface area contributed by atoms with Gasteiger partial charge in [0.2, 0.25) is 0 Å². The molecule has 0 aromatic rings. The van der Waals surface area contributed by atoms with Crippen molar-refractivity contribution in [2.45, 2.75) is 141 Å². The van der Waals surface area contributed by atoms with Crippen LogP contribution in [-0.2, 0) is 4.79 Å². The number of hydrogen-bond acceptors (Lipinski definition) is 3. The number of carboxylic acid groups (broad SMARTS) is 1. The van der Waals surface area contributed by atoms with Crippen molar-refractivity contribution in [3.05, 3.63) is 0 Å². The molecular formula is C23H46O4. The minimum absolute atomic E-state index is 0.244. The summed E-state index contributed by atoms with van der Waals surface area (Å²) in [7, 11) is 0. The van der Waals surface area contributed by atoms with Crippen molar-refractivity contribution in [2.24, 2.45) is 0 Å². The first kappa shape index (κ1) is 26.4. The highest BCUT2D eigenvalue weighted by molar-refractivity contribution is 5.66. The molecule has 2 unspecified atom stereocenters. The predicted molar refractivity (Wildman–Crippen MR) is 113 cm³/mol. The van der Waals surface area contributed by atoms with Crippen molar-refractivity contribution >= 4 is 5.97 Å². The number of rotatable bonds is 21. The number of hydrogen-bond donors (Lipinski definition) is 3. The van der Waals surface area contributed by atoms with Gasteiger partial charge in [-0.2, -0.15) is 0 Å². The fourth-order valence-corrected chi connectivity index (χ4v) is 3.55. The lowest BCUT2D eigenvalue weighted by Gasteiger charge is -2.14. The highest BCUT2D eigenvalue weighted by atomic mass is 16.4. The molecule has 4 nitrogen and oxygen atoms in total. The van der Waals surface area contributed by atoms with E-state index < -0.39 is 5.97 Å².